The van der Waals surface area contributed by atoms with Gasteiger partial charge in [-0.15, -0.1) is 6.58 Å². The van der Waals surface area contributed by atoms with Crippen LogP contribution in [0.1, 0.15) is 30.9 Å². The molecule has 0 spiro atoms. The van der Waals surface area contributed by atoms with Crippen LogP contribution in [-0.2, 0) is 20.7 Å². The SMILES string of the molecule is C=CC1c2ccccc2CC1(C(C)=O)C(=O)OCC. The first kappa shape index (κ1) is 13.5. The molecular weight excluding hydrogens is 240 g/mol. The highest BCUT2D eigenvalue weighted by Crippen LogP contribution is 2.49. The van der Waals surface area contributed by atoms with E-state index in [0.29, 0.717) is 6.42 Å². The van der Waals surface area contributed by atoms with Crippen molar-refractivity contribution >= 4 is 11.8 Å². The second-order valence-electron chi connectivity index (χ2n) is 4.84. The van der Waals surface area contributed by atoms with Gasteiger partial charge in [0.15, 0.2) is 0 Å². The average molecular weight is 258 g/mol. The highest BCUT2D eigenvalue weighted by Gasteiger charge is 2.55. The molecule has 1 aromatic carbocycles. The molecule has 0 N–H and O–H groups in total. The number of Topliss-reactive ketones (excluding diaryl/α,β-unsaturated/α-hetero) is 1. The van der Waals surface area contributed by atoms with Crippen LogP contribution < -0.4 is 0 Å². The maximum Gasteiger partial charge on any atom is 0.320 e. The number of esters is 1. The summed E-state index contributed by atoms with van der Waals surface area (Å²) in [5.41, 5.74) is 0.887. The first-order valence-electron chi connectivity index (χ1n) is 6.46. The molecule has 0 aromatic heterocycles. The van der Waals surface area contributed by atoms with Crippen molar-refractivity contribution in [1.29, 1.82) is 0 Å². The summed E-state index contributed by atoms with van der Waals surface area (Å²) in [5.74, 6) is -0.907. The summed E-state index contributed by atoms with van der Waals surface area (Å²) >= 11 is 0. The summed E-state index contributed by atoms with van der Waals surface area (Å²) in [6, 6.07) is 7.73. The van der Waals surface area contributed by atoms with Gasteiger partial charge in [-0.05, 0) is 31.4 Å². The normalized spacial score (nSPS) is 24.6. The van der Waals surface area contributed by atoms with Gasteiger partial charge in [0.05, 0.1) is 6.61 Å². The number of rotatable bonds is 4. The third-order valence-corrected chi connectivity index (χ3v) is 3.89. The van der Waals surface area contributed by atoms with Crippen molar-refractivity contribution in [3.8, 4) is 0 Å². The predicted octanol–water partition coefficient (Wildman–Crippen LogP) is 2.65. The number of ketones is 1. The summed E-state index contributed by atoms with van der Waals surface area (Å²) in [7, 11) is 0. The Morgan fingerprint density at radius 1 is 1.47 bits per heavy atom. The van der Waals surface area contributed by atoms with E-state index in [1.807, 2.05) is 24.3 Å². The highest BCUT2D eigenvalue weighted by atomic mass is 16.5. The molecule has 0 saturated heterocycles. The van der Waals surface area contributed by atoms with Gasteiger partial charge >= 0.3 is 5.97 Å². The summed E-state index contributed by atoms with van der Waals surface area (Å²) in [6.07, 6.45) is 2.08. The number of carbonyl (C=O) groups is 2. The first-order valence-corrected chi connectivity index (χ1v) is 6.46. The van der Waals surface area contributed by atoms with E-state index in [1.54, 1.807) is 13.0 Å². The van der Waals surface area contributed by atoms with E-state index in [2.05, 4.69) is 6.58 Å². The quantitative estimate of drug-likeness (QED) is 0.474. The lowest BCUT2D eigenvalue weighted by Gasteiger charge is -2.29. The van der Waals surface area contributed by atoms with E-state index in [9.17, 15) is 9.59 Å². The molecule has 0 radical (unpaired) electrons. The molecule has 0 heterocycles. The van der Waals surface area contributed by atoms with Crippen molar-refractivity contribution in [2.45, 2.75) is 26.2 Å². The van der Waals surface area contributed by atoms with Crippen LogP contribution in [0.2, 0.25) is 0 Å². The van der Waals surface area contributed by atoms with Crippen molar-refractivity contribution in [3.05, 3.63) is 48.0 Å². The van der Waals surface area contributed by atoms with Crippen LogP contribution in [-0.4, -0.2) is 18.4 Å². The van der Waals surface area contributed by atoms with Gasteiger partial charge in [-0.25, -0.2) is 0 Å². The molecule has 1 aromatic rings. The minimum Gasteiger partial charge on any atom is -0.465 e. The molecule has 2 atom stereocenters. The molecule has 0 bridgehead atoms. The minimum atomic E-state index is -1.14. The molecule has 2 unspecified atom stereocenters. The molecule has 0 aliphatic heterocycles. The molecule has 3 heteroatoms. The maximum absolute atomic E-state index is 12.4. The molecular formula is C16H18O3. The number of hydrogen-bond acceptors (Lipinski definition) is 3. The molecule has 1 aliphatic carbocycles. The average Bonchev–Trinajstić information content (AvgIpc) is 2.74. The van der Waals surface area contributed by atoms with Crippen LogP contribution in [0.3, 0.4) is 0 Å². The van der Waals surface area contributed by atoms with Crippen molar-refractivity contribution < 1.29 is 14.3 Å². The monoisotopic (exact) mass is 258 g/mol. The van der Waals surface area contributed by atoms with Crippen molar-refractivity contribution in [2.75, 3.05) is 6.61 Å². The fraction of sp³-hybridized carbons (Fsp3) is 0.375. The van der Waals surface area contributed by atoms with E-state index < -0.39 is 11.4 Å². The Morgan fingerprint density at radius 2 is 2.16 bits per heavy atom. The zero-order chi connectivity index (χ0) is 14.0. The Balaban J connectivity index is 2.55. The lowest BCUT2D eigenvalue weighted by atomic mass is 9.73. The Hall–Kier alpha value is -1.90. The largest absolute Gasteiger partial charge is 0.465 e. The van der Waals surface area contributed by atoms with Gasteiger partial charge in [0.2, 0.25) is 0 Å². The van der Waals surface area contributed by atoms with Gasteiger partial charge in [0.1, 0.15) is 11.2 Å². The third-order valence-electron chi connectivity index (χ3n) is 3.89. The van der Waals surface area contributed by atoms with Gasteiger partial charge in [-0.2, -0.15) is 0 Å². The standard InChI is InChI=1S/C16H18O3/c1-4-14-13-9-7-6-8-12(13)10-16(14,11(3)17)15(18)19-5-2/h4,6-9,14H,1,5,10H2,2-3H3. The summed E-state index contributed by atoms with van der Waals surface area (Å²) in [4.78, 5) is 24.5. The molecule has 1 aliphatic rings. The number of hydrogen-bond donors (Lipinski definition) is 0. The number of fused-ring (bicyclic) bond motifs is 1. The molecule has 3 nitrogen and oxygen atoms in total. The van der Waals surface area contributed by atoms with Crippen molar-refractivity contribution in [1.82, 2.24) is 0 Å². The number of allylic oxidation sites excluding steroid dienone is 1. The molecule has 19 heavy (non-hydrogen) atoms. The Bertz CT molecular complexity index is 533. The van der Waals surface area contributed by atoms with E-state index in [4.69, 9.17) is 4.74 Å². The van der Waals surface area contributed by atoms with E-state index in [-0.39, 0.29) is 18.3 Å². The number of carbonyl (C=O) groups excluding carboxylic acids is 2. The molecule has 0 amide bonds. The second kappa shape index (κ2) is 5.00. The van der Waals surface area contributed by atoms with Crippen LogP contribution in [0, 0.1) is 5.41 Å². The highest BCUT2D eigenvalue weighted by molar-refractivity contribution is 6.05. The Kier molecular flexibility index (Phi) is 3.56. The van der Waals surface area contributed by atoms with E-state index >= 15 is 0 Å². The Labute approximate surface area is 113 Å². The van der Waals surface area contributed by atoms with Crippen LogP contribution in [0.5, 0.6) is 0 Å². The van der Waals surface area contributed by atoms with Crippen LogP contribution in [0.25, 0.3) is 0 Å². The summed E-state index contributed by atoms with van der Waals surface area (Å²) in [6.45, 7) is 7.28. The fourth-order valence-corrected chi connectivity index (χ4v) is 2.95. The topological polar surface area (TPSA) is 43.4 Å². The first-order chi connectivity index (χ1) is 9.07. The molecule has 0 saturated carbocycles. The number of benzene rings is 1. The lowest BCUT2D eigenvalue weighted by molar-refractivity contribution is -0.159. The second-order valence-corrected chi connectivity index (χ2v) is 4.84. The van der Waals surface area contributed by atoms with Gasteiger partial charge in [-0.1, -0.05) is 30.3 Å². The zero-order valence-electron chi connectivity index (χ0n) is 11.3. The van der Waals surface area contributed by atoms with Crippen LogP contribution >= 0.6 is 0 Å². The molecule has 2 rings (SSSR count). The molecule has 0 fully saturated rings. The smallest absolute Gasteiger partial charge is 0.320 e. The minimum absolute atomic E-state index is 0.160. The predicted molar refractivity (Wildman–Crippen MR) is 72.8 cm³/mol. The van der Waals surface area contributed by atoms with E-state index in [1.165, 1.54) is 6.92 Å². The number of ether oxygens (including phenoxy) is 1. The van der Waals surface area contributed by atoms with Crippen molar-refractivity contribution in [3.63, 3.8) is 0 Å². The Morgan fingerprint density at radius 3 is 2.74 bits per heavy atom. The lowest BCUT2D eigenvalue weighted by Crippen LogP contribution is -2.42. The van der Waals surface area contributed by atoms with Gasteiger partial charge in [0.25, 0.3) is 0 Å². The zero-order valence-corrected chi connectivity index (χ0v) is 11.3. The fourth-order valence-electron chi connectivity index (χ4n) is 2.95. The van der Waals surface area contributed by atoms with Gasteiger partial charge in [-0.3, -0.25) is 9.59 Å². The summed E-state index contributed by atoms with van der Waals surface area (Å²) < 4.78 is 5.15. The maximum atomic E-state index is 12.4. The van der Waals surface area contributed by atoms with Crippen molar-refractivity contribution in [2.24, 2.45) is 5.41 Å². The van der Waals surface area contributed by atoms with Crippen LogP contribution in [0.15, 0.2) is 36.9 Å². The van der Waals surface area contributed by atoms with Crippen LogP contribution in [0.4, 0.5) is 0 Å². The van der Waals surface area contributed by atoms with Gasteiger partial charge in [0, 0.05) is 5.92 Å². The summed E-state index contributed by atoms with van der Waals surface area (Å²) in [5, 5.41) is 0. The van der Waals surface area contributed by atoms with Gasteiger partial charge < -0.3 is 4.74 Å². The molecule has 100 valence electrons. The third kappa shape index (κ3) is 1.89. The van der Waals surface area contributed by atoms with E-state index in [0.717, 1.165) is 11.1 Å².